The van der Waals surface area contributed by atoms with Gasteiger partial charge in [-0.05, 0) is 42.3 Å². The topological polar surface area (TPSA) is 38.9 Å². The normalized spacial score (nSPS) is 10.4. The maximum absolute atomic E-state index is 5.94. The van der Waals surface area contributed by atoms with Gasteiger partial charge in [0.15, 0.2) is 0 Å². The average molecular weight is 253 g/mol. The summed E-state index contributed by atoms with van der Waals surface area (Å²) in [4.78, 5) is 4.11. The molecule has 2 aromatic rings. The summed E-state index contributed by atoms with van der Waals surface area (Å²) in [6.45, 7) is 1.91. The number of anilines is 1. The number of pyridine rings is 1. The van der Waals surface area contributed by atoms with Crippen LogP contribution in [0.25, 0.3) is 11.1 Å². The summed E-state index contributed by atoms with van der Waals surface area (Å²) < 4.78 is 0. The molecule has 1 heterocycles. The maximum atomic E-state index is 5.94. The lowest BCUT2D eigenvalue weighted by Gasteiger charge is -2.05. The zero-order valence-electron chi connectivity index (χ0n) is 8.67. The Morgan fingerprint density at radius 3 is 2.19 bits per heavy atom. The Hall–Kier alpha value is -1.25. The van der Waals surface area contributed by atoms with Crippen LogP contribution in [0.4, 0.5) is 5.82 Å². The lowest BCUT2D eigenvalue weighted by Crippen LogP contribution is -1.93. The first kappa shape index (κ1) is 11.2. The Morgan fingerprint density at radius 1 is 1.00 bits per heavy atom. The molecule has 0 saturated heterocycles. The minimum atomic E-state index is 0.539. The zero-order valence-corrected chi connectivity index (χ0v) is 10.2. The van der Waals surface area contributed by atoms with Crippen LogP contribution in [-0.2, 0) is 0 Å². The molecule has 82 valence electrons. The van der Waals surface area contributed by atoms with Crippen molar-refractivity contribution in [2.75, 3.05) is 5.73 Å². The number of aryl methyl sites for hydroxylation is 1. The van der Waals surface area contributed by atoms with Crippen LogP contribution in [0.5, 0.6) is 0 Å². The highest BCUT2D eigenvalue weighted by molar-refractivity contribution is 6.35. The van der Waals surface area contributed by atoms with Gasteiger partial charge in [0.2, 0.25) is 0 Å². The van der Waals surface area contributed by atoms with Gasteiger partial charge in [-0.25, -0.2) is 4.98 Å². The molecule has 2 N–H and O–H groups in total. The number of aromatic nitrogens is 1. The third-order valence-corrected chi connectivity index (χ3v) is 2.75. The Balaban J connectivity index is 2.54. The molecule has 0 bridgehead atoms. The summed E-state index contributed by atoms with van der Waals surface area (Å²) in [6.07, 6.45) is 1.71. The second-order valence-corrected chi connectivity index (χ2v) is 4.46. The van der Waals surface area contributed by atoms with E-state index < -0.39 is 0 Å². The van der Waals surface area contributed by atoms with Gasteiger partial charge >= 0.3 is 0 Å². The van der Waals surface area contributed by atoms with E-state index in [1.807, 2.05) is 25.1 Å². The Kier molecular flexibility index (Phi) is 3.03. The highest BCUT2D eigenvalue weighted by atomic mass is 35.5. The summed E-state index contributed by atoms with van der Waals surface area (Å²) in [5.74, 6) is 0.539. The predicted octanol–water partition coefficient (Wildman–Crippen LogP) is 3.95. The molecule has 0 aliphatic heterocycles. The van der Waals surface area contributed by atoms with Gasteiger partial charge in [0.05, 0.1) is 0 Å². The first-order chi connectivity index (χ1) is 7.56. The number of benzene rings is 1. The van der Waals surface area contributed by atoms with Crippen molar-refractivity contribution in [1.29, 1.82) is 0 Å². The molecule has 0 radical (unpaired) electrons. The molecule has 0 aliphatic carbocycles. The molecule has 0 amide bonds. The fourth-order valence-corrected chi connectivity index (χ4v) is 1.99. The second kappa shape index (κ2) is 4.32. The van der Waals surface area contributed by atoms with Crippen molar-refractivity contribution in [3.8, 4) is 11.1 Å². The highest BCUT2D eigenvalue weighted by Gasteiger charge is 2.03. The van der Waals surface area contributed by atoms with E-state index in [-0.39, 0.29) is 0 Å². The standard InChI is InChI=1S/C12H10Cl2N2/c1-7-2-9(6-16-12(7)15)8-3-10(13)5-11(14)4-8/h2-6H,1H3,(H2,15,16). The van der Waals surface area contributed by atoms with Crippen LogP contribution < -0.4 is 5.73 Å². The van der Waals surface area contributed by atoms with Crippen LogP contribution in [-0.4, -0.2) is 4.98 Å². The Labute approximate surface area is 104 Å². The van der Waals surface area contributed by atoms with Crippen LogP contribution in [0, 0.1) is 6.92 Å². The molecule has 0 unspecified atom stereocenters. The van der Waals surface area contributed by atoms with Crippen molar-refractivity contribution >= 4 is 29.0 Å². The van der Waals surface area contributed by atoms with E-state index in [4.69, 9.17) is 28.9 Å². The quantitative estimate of drug-likeness (QED) is 0.835. The highest BCUT2D eigenvalue weighted by Crippen LogP contribution is 2.27. The Morgan fingerprint density at radius 2 is 1.62 bits per heavy atom. The molecule has 0 spiro atoms. The number of nitrogens with two attached hydrogens (primary N) is 1. The van der Waals surface area contributed by atoms with E-state index in [2.05, 4.69) is 4.98 Å². The molecular formula is C12H10Cl2N2. The number of halogens is 2. The number of hydrogen-bond acceptors (Lipinski definition) is 2. The van der Waals surface area contributed by atoms with Crippen LogP contribution in [0.3, 0.4) is 0 Å². The van der Waals surface area contributed by atoms with Crippen LogP contribution in [0.2, 0.25) is 10.0 Å². The minimum absolute atomic E-state index is 0.539. The van der Waals surface area contributed by atoms with Gasteiger partial charge in [0, 0.05) is 21.8 Å². The van der Waals surface area contributed by atoms with E-state index >= 15 is 0 Å². The zero-order chi connectivity index (χ0) is 11.7. The molecular weight excluding hydrogens is 243 g/mol. The van der Waals surface area contributed by atoms with Gasteiger partial charge < -0.3 is 5.73 Å². The number of nitrogens with zero attached hydrogens (tertiary/aromatic N) is 1. The monoisotopic (exact) mass is 252 g/mol. The molecule has 2 rings (SSSR count). The second-order valence-electron chi connectivity index (χ2n) is 3.58. The van der Waals surface area contributed by atoms with Crippen LogP contribution in [0.1, 0.15) is 5.56 Å². The fourth-order valence-electron chi connectivity index (χ4n) is 1.46. The molecule has 2 nitrogen and oxygen atoms in total. The Bertz CT molecular complexity index is 518. The van der Waals surface area contributed by atoms with Gasteiger partial charge in [-0.15, -0.1) is 0 Å². The van der Waals surface area contributed by atoms with Gasteiger partial charge in [-0.2, -0.15) is 0 Å². The van der Waals surface area contributed by atoms with Crippen molar-refractivity contribution in [3.63, 3.8) is 0 Å². The van der Waals surface area contributed by atoms with Gasteiger partial charge in [-0.3, -0.25) is 0 Å². The average Bonchev–Trinajstić information content (AvgIpc) is 2.20. The molecule has 0 saturated carbocycles. The van der Waals surface area contributed by atoms with Crippen LogP contribution in [0.15, 0.2) is 30.5 Å². The van der Waals surface area contributed by atoms with Gasteiger partial charge in [0.1, 0.15) is 5.82 Å². The summed E-state index contributed by atoms with van der Waals surface area (Å²) in [5.41, 5.74) is 8.49. The summed E-state index contributed by atoms with van der Waals surface area (Å²) in [5, 5.41) is 1.22. The van der Waals surface area contributed by atoms with E-state index in [1.54, 1.807) is 12.3 Å². The number of rotatable bonds is 1. The molecule has 1 aromatic heterocycles. The van der Waals surface area contributed by atoms with Gasteiger partial charge in [-0.1, -0.05) is 23.2 Å². The fraction of sp³-hybridized carbons (Fsp3) is 0.0833. The largest absolute Gasteiger partial charge is 0.383 e. The molecule has 16 heavy (non-hydrogen) atoms. The van der Waals surface area contributed by atoms with Crippen molar-refractivity contribution < 1.29 is 0 Å². The molecule has 1 aromatic carbocycles. The number of hydrogen-bond donors (Lipinski definition) is 1. The third-order valence-electron chi connectivity index (χ3n) is 2.31. The SMILES string of the molecule is Cc1cc(-c2cc(Cl)cc(Cl)c2)cnc1N. The van der Waals surface area contributed by atoms with Crippen molar-refractivity contribution in [2.45, 2.75) is 6.92 Å². The third kappa shape index (κ3) is 2.29. The van der Waals surface area contributed by atoms with Gasteiger partial charge in [0.25, 0.3) is 0 Å². The van der Waals surface area contributed by atoms with Crippen molar-refractivity contribution in [3.05, 3.63) is 46.1 Å². The lowest BCUT2D eigenvalue weighted by molar-refractivity contribution is 1.28. The van der Waals surface area contributed by atoms with Crippen molar-refractivity contribution in [2.24, 2.45) is 0 Å². The maximum Gasteiger partial charge on any atom is 0.126 e. The first-order valence-corrected chi connectivity index (χ1v) is 5.50. The molecule has 0 fully saturated rings. The van der Waals surface area contributed by atoms with E-state index in [1.165, 1.54) is 0 Å². The van der Waals surface area contributed by atoms with E-state index in [0.717, 1.165) is 16.7 Å². The molecule has 0 aliphatic rings. The lowest BCUT2D eigenvalue weighted by atomic mass is 10.1. The van der Waals surface area contributed by atoms with Crippen molar-refractivity contribution in [1.82, 2.24) is 4.98 Å². The predicted molar refractivity (Wildman–Crippen MR) is 68.8 cm³/mol. The smallest absolute Gasteiger partial charge is 0.126 e. The van der Waals surface area contributed by atoms with Crippen LogP contribution >= 0.6 is 23.2 Å². The molecule has 0 atom stereocenters. The summed E-state index contributed by atoms with van der Waals surface area (Å²) >= 11 is 11.9. The summed E-state index contributed by atoms with van der Waals surface area (Å²) in [6, 6.07) is 7.36. The number of nitrogen functional groups attached to an aromatic ring is 1. The minimum Gasteiger partial charge on any atom is -0.383 e. The molecule has 4 heteroatoms. The first-order valence-electron chi connectivity index (χ1n) is 4.75. The van der Waals surface area contributed by atoms with E-state index in [9.17, 15) is 0 Å². The van der Waals surface area contributed by atoms with E-state index in [0.29, 0.717) is 15.9 Å². The summed E-state index contributed by atoms with van der Waals surface area (Å²) in [7, 11) is 0.